The first-order valence-electron chi connectivity index (χ1n) is 8.36. The monoisotopic (exact) mass is 494 g/mol. The lowest BCUT2D eigenvalue weighted by Gasteiger charge is -2.25. The predicted octanol–water partition coefficient (Wildman–Crippen LogP) is 2.51. The molecule has 2 rings (SSSR count). The first-order chi connectivity index (χ1) is 12.4. The number of halogens is 4. The molecule has 1 atom stereocenters. The minimum atomic E-state index is -4.38. The van der Waals surface area contributed by atoms with Gasteiger partial charge in [-0.05, 0) is 31.5 Å². The van der Waals surface area contributed by atoms with Crippen LogP contribution in [0.25, 0.3) is 0 Å². The van der Waals surface area contributed by atoms with E-state index in [0.29, 0.717) is 37.5 Å². The Hall–Kier alpha value is -1.96. The number of carbonyl (C=O) groups excluding carboxylic acids is 1. The molecule has 5 nitrogen and oxygen atoms in total. The first-order valence-corrected chi connectivity index (χ1v) is 8.36. The minimum absolute atomic E-state index is 0. The largest absolute Gasteiger partial charge is 0.416 e. The summed E-state index contributed by atoms with van der Waals surface area (Å²) in [6.07, 6.45) is -3.20. The number of guanidine groups is 1. The SMILES string of the molecule is CCNC(=NCC#Cc1cccc(C(F)(F)F)c1)NC1CCC(=O)NC1.I. The van der Waals surface area contributed by atoms with Crippen LogP contribution >= 0.6 is 24.0 Å². The standard InChI is InChI=1S/C18H21F3N4O.HI/c1-2-22-17(25-15-8-9-16(26)24-12-15)23-10-4-6-13-5-3-7-14(11-13)18(19,20)21;/h3,5,7,11,15H,2,8-10,12H2,1H3,(H,24,26)(H2,22,23,25);1H. The average Bonchev–Trinajstić information content (AvgIpc) is 2.60. The van der Waals surface area contributed by atoms with Crippen LogP contribution in [0.15, 0.2) is 29.3 Å². The molecule has 0 saturated carbocycles. The molecule has 1 aromatic carbocycles. The molecule has 0 radical (unpaired) electrons. The average molecular weight is 494 g/mol. The van der Waals surface area contributed by atoms with Gasteiger partial charge in [-0.25, -0.2) is 4.99 Å². The number of carbonyl (C=O) groups is 1. The Morgan fingerprint density at radius 1 is 1.41 bits per heavy atom. The molecule has 1 aliphatic rings. The van der Waals surface area contributed by atoms with Crippen LogP contribution < -0.4 is 16.0 Å². The van der Waals surface area contributed by atoms with E-state index in [9.17, 15) is 18.0 Å². The second kappa shape index (κ2) is 11.0. The van der Waals surface area contributed by atoms with Crippen molar-refractivity contribution in [1.29, 1.82) is 0 Å². The Morgan fingerprint density at radius 3 is 2.81 bits per heavy atom. The highest BCUT2D eigenvalue weighted by atomic mass is 127. The summed E-state index contributed by atoms with van der Waals surface area (Å²) in [6.45, 7) is 3.25. The van der Waals surface area contributed by atoms with E-state index in [1.54, 1.807) is 0 Å². The Morgan fingerprint density at radius 2 is 2.19 bits per heavy atom. The van der Waals surface area contributed by atoms with Crippen molar-refractivity contribution in [2.75, 3.05) is 19.6 Å². The van der Waals surface area contributed by atoms with E-state index in [0.717, 1.165) is 12.1 Å². The summed E-state index contributed by atoms with van der Waals surface area (Å²) in [5.74, 6) is 6.05. The zero-order valence-electron chi connectivity index (χ0n) is 14.8. The van der Waals surface area contributed by atoms with Crippen LogP contribution in [0.2, 0.25) is 0 Å². The Labute approximate surface area is 173 Å². The number of hydrogen-bond donors (Lipinski definition) is 3. The van der Waals surface area contributed by atoms with E-state index >= 15 is 0 Å². The fourth-order valence-electron chi connectivity index (χ4n) is 2.40. The molecular weight excluding hydrogens is 472 g/mol. The Balaban J connectivity index is 0.00000364. The lowest BCUT2D eigenvalue weighted by molar-refractivity contribution is -0.137. The third kappa shape index (κ3) is 8.07. The molecule has 1 saturated heterocycles. The molecule has 0 aliphatic carbocycles. The number of rotatable bonds is 3. The second-order valence-electron chi connectivity index (χ2n) is 5.76. The number of nitrogens with one attached hydrogen (secondary N) is 3. The van der Waals surface area contributed by atoms with E-state index in [4.69, 9.17) is 0 Å². The van der Waals surface area contributed by atoms with Crippen molar-refractivity contribution < 1.29 is 18.0 Å². The third-order valence-electron chi connectivity index (χ3n) is 3.69. The number of hydrogen-bond acceptors (Lipinski definition) is 2. The summed E-state index contributed by atoms with van der Waals surface area (Å²) in [6, 6.07) is 4.98. The van der Waals surface area contributed by atoms with Gasteiger partial charge in [-0.15, -0.1) is 24.0 Å². The van der Waals surface area contributed by atoms with Crippen molar-refractivity contribution in [2.24, 2.45) is 4.99 Å². The molecule has 1 aromatic rings. The van der Waals surface area contributed by atoms with E-state index in [1.807, 2.05) is 6.92 Å². The Kier molecular flexibility index (Phi) is 9.41. The summed E-state index contributed by atoms with van der Waals surface area (Å²) in [5, 5.41) is 9.07. The van der Waals surface area contributed by atoms with Crippen molar-refractivity contribution in [1.82, 2.24) is 16.0 Å². The van der Waals surface area contributed by atoms with Crippen LogP contribution in [0.4, 0.5) is 13.2 Å². The number of nitrogens with zero attached hydrogens (tertiary/aromatic N) is 1. The summed E-state index contributed by atoms with van der Waals surface area (Å²) < 4.78 is 38.0. The van der Waals surface area contributed by atoms with Crippen molar-refractivity contribution in [2.45, 2.75) is 32.0 Å². The van der Waals surface area contributed by atoms with Crippen molar-refractivity contribution in [3.63, 3.8) is 0 Å². The van der Waals surface area contributed by atoms with Gasteiger partial charge in [0, 0.05) is 31.1 Å². The van der Waals surface area contributed by atoms with Crippen LogP contribution in [0.5, 0.6) is 0 Å². The fourth-order valence-corrected chi connectivity index (χ4v) is 2.40. The van der Waals surface area contributed by atoms with Gasteiger partial charge in [0.1, 0.15) is 6.54 Å². The lowest BCUT2D eigenvalue weighted by Crippen LogP contribution is -2.51. The lowest BCUT2D eigenvalue weighted by atomic mass is 10.1. The molecule has 9 heteroatoms. The van der Waals surface area contributed by atoms with Crippen molar-refractivity contribution in [3.05, 3.63) is 35.4 Å². The molecular formula is C18H22F3IN4O. The van der Waals surface area contributed by atoms with Gasteiger partial charge in [0.25, 0.3) is 0 Å². The van der Waals surface area contributed by atoms with E-state index in [2.05, 4.69) is 32.8 Å². The highest BCUT2D eigenvalue weighted by molar-refractivity contribution is 14.0. The van der Waals surface area contributed by atoms with Gasteiger partial charge in [-0.2, -0.15) is 13.2 Å². The van der Waals surface area contributed by atoms with Gasteiger partial charge < -0.3 is 16.0 Å². The van der Waals surface area contributed by atoms with Crippen LogP contribution in [-0.4, -0.2) is 37.5 Å². The van der Waals surface area contributed by atoms with Gasteiger partial charge in [0.2, 0.25) is 5.91 Å². The maximum atomic E-state index is 12.7. The molecule has 0 aromatic heterocycles. The van der Waals surface area contributed by atoms with Gasteiger partial charge in [0.15, 0.2) is 5.96 Å². The molecule has 1 unspecified atom stereocenters. The molecule has 3 N–H and O–H groups in total. The van der Waals surface area contributed by atoms with Crippen LogP contribution in [0, 0.1) is 11.8 Å². The van der Waals surface area contributed by atoms with Gasteiger partial charge >= 0.3 is 6.18 Å². The number of amides is 1. The smallest absolute Gasteiger partial charge is 0.357 e. The number of benzene rings is 1. The van der Waals surface area contributed by atoms with E-state index in [-0.39, 0.29) is 42.5 Å². The normalized spacial score (nSPS) is 17.1. The van der Waals surface area contributed by atoms with Gasteiger partial charge in [-0.1, -0.05) is 17.9 Å². The van der Waals surface area contributed by atoms with Gasteiger partial charge in [-0.3, -0.25) is 4.79 Å². The zero-order chi connectivity index (χ0) is 19.0. The maximum Gasteiger partial charge on any atom is 0.416 e. The molecule has 1 fully saturated rings. The quantitative estimate of drug-likeness (QED) is 0.262. The highest BCUT2D eigenvalue weighted by Crippen LogP contribution is 2.29. The molecule has 0 bridgehead atoms. The van der Waals surface area contributed by atoms with Crippen LogP contribution in [0.1, 0.15) is 30.9 Å². The molecule has 1 heterocycles. The number of alkyl halides is 3. The molecule has 148 valence electrons. The summed E-state index contributed by atoms with van der Waals surface area (Å²) in [7, 11) is 0. The summed E-state index contributed by atoms with van der Waals surface area (Å²) >= 11 is 0. The van der Waals surface area contributed by atoms with Crippen LogP contribution in [0.3, 0.4) is 0 Å². The highest BCUT2D eigenvalue weighted by Gasteiger charge is 2.30. The fraction of sp³-hybridized carbons (Fsp3) is 0.444. The topological polar surface area (TPSA) is 65.5 Å². The minimum Gasteiger partial charge on any atom is -0.357 e. The van der Waals surface area contributed by atoms with E-state index < -0.39 is 11.7 Å². The van der Waals surface area contributed by atoms with E-state index in [1.165, 1.54) is 12.1 Å². The first kappa shape index (κ1) is 23.1. The number of piperidine rings is 1. The molecule has 27 heavy (non-hydrogen) atoms. The van der Waals surface area contributed by atoms with Crippen LogP contribution in [-0.2, 0) is 11.0 Å². The number of aliphatic imine (C=N–C) groups is 1. The summed E-state index contributed by atoms with van der Waals surface area (Å²) in [4.78, 5) is 15.5. The zero-order valence-corrected chi connectivity index (χ0v) is 17.2. The van der Waals surface area contributed by atoms with Crippen molar-refractivity contribution >= 4 is 35.8 Å². The summed E-state index contributed by atoms with van der Waals surface area (Å²) in [5.41, 5.74) is -0.426. The Bertz CT molecular complexity index is 715. The second-order valence-corrected chi connectivity index (χ2v) is 5.76. The molecule has 1 aliphatic heterocycles. The van der Waals surface area contributed by atoms with Crippen molar-refractivity contribution in [3.8, 4) is 11.8 Å². The van der Waals surface area contributed by atoms with Gasteiger partial charge in [0.05, 0.1) is 5.56 Å². The predicted molar refractivity (Wildman–Crippen MR) is 109 cm³/mol. The molecule has 1 amide bonds. The molecule has 0 spiro atoms. The third-order valence-corrected chi connectivity index (χ3v) is 3.69. The maximum absolute atomic E-state index is 12.7.